The first-order valence-electron chi connectivity index (χ1n) is 11.4. The number of ether oxygens (including phenoxy) is 1. The van der Waals surface area contributed by atoms with Gasteiger partial charge in [-0.15, -0.1) is 11.3 Å². The van der Waals surface area contributed by atoms with E-state index >= 15 is 0 Å². The van der Waals surface area contributed by atoms with Gasteiger partial charge in [0.2, 0.25) is 0 Å². The van der Waals surface area contributed by atoms with Gasteiger partial charge in [-0.1, -0.05) is 32.4 Å². The number of thiophene rings is 1. The fraction of sp³-hybridized carbons (Fsp3) is 0.333. The third kappa shape index (κ3) is 5.74. The van der Waals surface area contributed by atoms with Crippen molar-refractivity contribution in [3.63, 3.8) is 0 Å². The number of fused-ring (bicyclic) bond motifs is 1. The molecule has 1 aliphatic rings. The molecule has 0 bridgehead atoms. The molecule has 184 valence electrons. The van der Waals surface area contributed by atoms with Crippen molar-refractivity contribution in [2.24, 2.45) is 16.3 Å². The third-order valence-corrected chi connectivity index (χ3v) is 8.42. The number of nitrogens with zero attached hydrogens (tertiary/aromatic N) is 1. The summed E-state index contributed by atoms with van der Waals surface area (Å²) in [6.45, 7) is 6.83. The van der Waals surface area contributed by atoms with Crippen LogP contribution in [0.1, 0.15) is 53.6 Å². The summed E-state index contributed by atoms with van der Waals surface area (Å²) in [6.07, 6.45) is 4.54. The molecule has 2 N–H and O–H groups in total. The van der Waals surface area contributed by atoms with E-state index in [0.29, 0.717) is 37.4 Å². The van der Waals surface area contributed by atoms with Gasteiger partial charge in [-0.25, -0.2) is 4.99 Å². The Morgan fingerprint density at radius 3 is 2.66 bits per heavy atom. The standard InChI is InChI=1S/C27H28BrClN2O3S/c1-27(2,3)16-5-10-19-22(13-16)35-26(23(19)25(33)31-18-8-6-17(29)7-9-18)30-14-15-11-20(28)24(32)21(12-15)34-4/h6-9,11-12,14,16,32H,5,10,13H2,1-4H3,(H,31,33)/t16-/m1/s1. The summed E-state index contributed by atoms with van der Waals surface area (Å²) in [4.78, 5) is 19.4. The van der Waals surface area contributed by atoms with Crippen molar-refractivity contribution >= 4 is 61.7 Å². The van der Waals surface area contributed by atoms with Gasteiger partial charge in [0.1, 0.15) is 5.00 Å². The average Bonchev–Trinajstić information content (AvgIpc) is 3.18. The van der Waals surface area contributed by atoms with Crippen LogP contribution in [0.5, 0.6) is 11.5 Å². The fourth-order valence-electron chi connectivity index (χ4n) is 4.32. The van der Waals surface area contributed by atoms with Gasteiger partial charge in [0.05, 0.1) is 17.1 Å². The number of phenolic OH excluding ortho intramolecular Hbond substituents is 1. The van der Waals surface area contributed by atoms with E-state index in [9.17, 15) is 9.90 Å². The summed E-state index contributed by atoms with van der Waals surface area (Å²) in [5.74, 6) is 0.762. The second-order valence-electron chi connectivity index (χ2n) is 9.76. The molecular weight excluding hydrogens is 548 g/mol. The Labute approximate surface area is 223 Å². The van der Waals surface area contributed by atoms with E-state index in [4.69, 9.17) is 21.3 Å². The minimum atomic E-state index is -0.171. The van der Waals surface area contributed by atoms with Crippen LogP contribution >= 0.6 is 38.9 Å². The molecule has 5 nitrogen and oxygen atoms in total. The zero-order chi connectivity index (χ0) is 25.3. The number of carbonyl (C=O) groups excluding carboxylic acids is 1. The number of carbonyl (C=O) groups is 1. The van der Waals surface area contributed by atoms with Crippen LogP contribution in [-0.2, 0) is 12.8 Å². The maximum Gasteiger partial charge on any atom is 0.259 e. The molecular formula is C27H28BrClN2O3S. The highest BCUT2D eigenvalue weighted by molar-refractivity contribution is 9.10. The van der Waals surface area contributed by atoms with Gasteiger partial charge in [-0.3, -0.25) is 4.79 Å². The number of halogens is 2. The Morgan fingerprint density at radius 2 is 2.00 bits per heavy atom. The summed E-state index contributed by atoms with van der Waals surface area (Å²) in [5, 5.41) is 14.4. The molecule has 0 saturated heterocycles. The number of aliphatic imine (C=N–C) groups is 1. The van der Waals surface area contributed by atoms with Crippen molar-refractivity contribution in [2.75, 3.05) is 12.4 Å². The minimum absolute atomic E-state index is 0.0347. The fourth-order valence-corrected chi connectivity index (χ4v) is 6.17. The summed E-state index contributed by atoms with van der Waals surface area (Å²) in [6, 6.07) is 10.6. The highest BCUT2D eigenvalue weighted by atomic mass is 79.9. The molecule has 0 saturated carbocycles. The molecule has 0 unspecified atom stereocenters. The molecule has 35 heavy (non-hydrogen) atoms. The van der Waals surface area contributed by atoms with E-state index in [2.05, 4.69) is 42.0 Å². The van der Waals surface area contributed by atoms with E-state index in [-0.39, 0.29) is 17.1 Å². The highest BCUT2D eigenvalue weighted by Gasteiger charge is 2.33. The number of hydrogen-bond acceptors (Lipinski definition) is 5. The third-order valence-electron chi connectivity index (χ3n) is 6.40. The largest absolute Gasteiger partial charge is 0.503 e. The molecule has 0 radical (unpaired) electrons. The molecule has 0 spiro atoms. The molecule has 0 aliphatic heterocycles. The topological polar surface area (TPSA) is 70.9 Å². The van der Waals surface area contributed by atoms with Gasteiger partial charge in [-0.05, 0) is 94.1 Å². The van der Waals surface area contributed by atoms with Crippen molar-refractivity contribution < 1.29 is 14.6 Å². The van der Waals surface area contributed by atoms with E-state index in [0.717, 1.165) is 30.4 Å². The van der Waals surface area contributed by atoms with Crippen molar-refractivity contribution in [1.82, 2.24) is 0 Å². The minimum Gasteiger partial charge on any atom is -0.503 e. The van der Waals surface area contributed by atoms with Crippen molar-refractivity contribution in [1.29, 1.82) is 0 Å². The number of anilines is 1. The lowest BCUT2D eigenvalue weighted by molar-refractivity contribution is 0.102. The predicted molar refractivity (Wildman–Crippen MR) is 148 cm³/mol. The molecule has 8 heteroatoms. The van der Waals surface area contributed by atoms with Crippen molar-refractivity contribution in [3.05, 3.63) is 67.5 Å². The van der Waals surface area contributed by atoms with Crippen molar-refractivity contribution in [2.45, 2.75) is 40.0 Å². The van der Waals surface area contributed by atoms with Gasteiger partial charge >= 0.3 is 0 Å². The molecule has 2 aromatic carbocycles. The van der Waals surface area contributed by atoms with E-state index in [1.54, 1.807) is 53.9 Å². The number of rotatable bonds is 5. The summed E-state index contributed by atoms with van der Waals surface area (Å²) in [5.41, 5.74) is 3.36. The van der Waals surface area contributed by atoms with E-state index in [1.807, 2.05) is 0 Å². The smallest absolute Gasteiger partial charge is 0.259 e. The lowest BCUT2D eigenvalue weighted by Crippen LogP contribution is -2.27. The number of amides is 1. The molecule has 1 atom stereocenters. The zero-order valence-electron chi connectivity index (χ0n) is 20.1. The van der Waals surface area contributed by atoms with Gasteiger partial charge in [0.25, 0.3) is 5.91 Å². The Hall–Kier alpha value is -2.35. The van der Waals surface area contributed by atoms with E-state index in [1.165, 1.54) is 12.0 Å². The van der Waals surface area contributed by atoms with Crippen LogP contribution in [0.2, 0.25) is 5.02 Å². The first-order valence-corrected chi connectivity index (χ1v) is 13.4. The van der Waals surface area contributed by atoms with Gasteiger partial charge in [0, 0.05) is 21.8 Å². The van der Waals surface area contributed by atoms with Crippen LogP contribution in [0.4, 0.5) is 10.7 Å². The monoisotopic (exact) mass is 574 g/mol. The lowest BCUT2D eigenvalue weighted by Gasteiger charge is -2.33. The number of hydrogen-bond donors (Lipinski definition) is 2. The maximum absolute atomic E-state index is 13.5. The first-order chi connectivity index (χ1) is 16.6. The normalized spacial score (nSPS) is 15.8. The molecule has 1 aromatic heterocycles. The molecule has 1 amide bonds. The number of phenols is 1. The van der Waals surface area contributed by atoms with Gasteiger partial charge < -0.3 is 15.2 Å². The van der Waals surface area contributed by atoms with Crippen LogP contribution in [0.25, 0.3) is 0 Å². The zero-order valence-corrected chi connectivity index (χ0v) is 23.3. The van der Waals surface area contributed by atoms with Gasteiger partial charge in [-0.2, -0.15) is 0 Å². The molecule has 0 fully saturated rings. The van der Waals surface area contributed by atoms with Crippen LogP contribution in [0, 0.1) is 11.3 Å². The molecule has 3 aromatic rings. The van der Waals surface area contributed by atoms with Crippen LogP contribution in [-0.4, -0.2) is 24.3 Å². The number of benzene rings is 2. The SMILES string of the molecule is COc1cc(C=Nc2sc3c(c2C(=O)Nc2ccc(Cl)cc2)CC[C@@H](C(C)(C)C)C3)cc(Br)c1O. The van der Waals surface area contributed by atoms with Crippen molar-refractivity contribution in [3.8, 4) is 11.5 Å². The van der Waals surface area contributed by atoms with Crippen LogP contribution in [0.3, 0.4) is 0 Å². The van der Waals surface area contributed by atoms with Crippen LogP contribution in [0.15, 0.2) is 45.9 Å². The molecule has 4 rings (SSSR count). The first kappa shape index (κ1) is 25.7. The highest BCUT2D eigenvalue weighted by Crippen LogP contribution is 2.45. The van der Waals surface area contributed by atoms with E-state index < -0.39 is 0 Å². The second kappa shape index (κ2) is 10.3. The van der Waals surface area contributed by atoms with Gasteiger partial charge in [0.15, 0.2) is 11.5 Å². The Morgan fingerprint density at radius 1 is 1.29 bits per heavy atom. The summed E-state index contributed by atoms with van der Waals surface area (Å²) in [7, 11) is 1.50. The number of methoxy groups -OCH3 is 1. The predicted octanol–water partition coefficient (Wildman–Crippen LogP) is 8.03. The Kier molecular flexibility index (Phi) is 7.60. The average molecular weight is 576 g/mol. The summed E-state index contributed by atoms with van der Waals surface area (Å²) < 4.78 is 5.76. The second-order valence-corrected chi connectivity index (χ2v) is 12.1. The number of aromatic hydroxyl groups is 1. The Bertz CT molecular complexity index is 1280. The Balaban J connectivity index is 1.72. The summed E-state index contributed by atoms with van der Waals surface area (Å²) >= 11 is 10.9. The maximum atomic E-state index is 13.5. The molecule has 1 heterocycles. The molecule has 1 aliphatic carbocycles. The quantitative estimate of drug-likeness (QED) is 0.303. The van der Waals surface area contributed by atoms with Crippen LogP contribution < -0.4 is 10.1 Å². The lowest BCUT2D eigenvalue weighted by atomic mass is 9.72. The number of nitrogens with one attached hydrogen (secondary N) is 1.